The van der Waals surface area contributed by atoms with Crippen molar-refractivity contribution >= 4 is 29.9 Å². The van der Waals surface area contributed by atoms with E-state index >= 15 is 0 Å². The molecule has 0 unspecified atom stereocenters. The second-order valence-electron chi connectivity index (χ2n) is 7.54. The van der Waals surface area contributed by atoms with Gasteiger partial charge in [0.15, 0.2) is 5.96 Å². The van der Waals surface area contributed by atoms with Gasteiger partial charge in [0.25, 0.3) is 0 Å². The van der Waals surface area contributed by atoms with E-state index in [1.165, 1.54) is 24.8 Å². The quantitative estimate of drug-likeness (QED) is 0.283. The zero-order chi connectivity index (χ0) is 19.9. The summed E-state index contributed by atoms with van der Waals surface area (Å²) in [5.41, 5.74) is 2.73. The highest BCUT2D eigenvalue weighted by molar-refractivity contribution is 14.0. The summed E-state index contributed by atoms with van der Waals surface area (Å²) in [6, 6.07) is 14.9. The first-order valence-corrected chi connectivity index (χ1v) is 10.3. The Kier molecular flexibility index (Phi) is 7.84. The van der Waals surface area contributed by atoms with Crippen LogP contribution in [0.1, 0.15) is 37.3 Å². The van der Waals surface area contributed by atoms with Crippen LogP contribution in [0, 0.1) is 0 Å². The van der Waals surface area contributed by atoms with Crippen LogP contribution in [0.3, 0.4) is 0 Å². The van der Waals surface area contributed by atoms with E-state index in [1.54, 1.807) is 12.5 Å². The zero-order valence-electron chi connectivity index (χ0n) is 17.3. The van der Waals surface area contributed by atoms with E-state index in [-0.39, 0.29) is 29.4 Å². The van der Waals surface area contributed by atoms with Crippen LogP contribution in [0.4, 0.5) is 0 Å². The fraction of sp³-hybridized carbons (Fsp3) is 0.348. The molecule has 1 fully saturated rings. The second-order valence-corrected chi connectivity index (χ2v) is 7.54. The van der Waals surface area contributed by atoms with Gasteiger partial charge in [0.05, 0.1) is 6.54 Å². The van der Waals surface area contributed by atoms with Gasteiger partial charge in [-0.3, -0.25) is 4.57 Å². The van der Waals surface area contributed by atoms with Crippen LogP contribution in [0.5, 0.6) is 0 Å². The largest absolute Gasteiger partial charge is 0.357 e. The van der Waals surface area contributed by atoms with E-state index in [0.29, 0.717) is 6.54 Å². The number of imidazole rings is 1. The van der Waals surface area contributed by atoms with Crippen molar-refractivity contribution in [1.82, 2.24) is 25.2 Å². The Labute approximate surface area is 195 Å². The summed E-state index contributed by atoms with van der Waals surface area (Å²) in [5, 5.41) is 6.94. The predicted octanol–water partition coefficient (Wildman–Crippen LogP) is 4.06. The molecule has 6 nitrogen and oxygen atoms in total. The monoisotopic (exact) mass is 516 g/mol. The number of guanidine groups is 1. The van der Waals surface area contributed by atoms with Crippen molar-refractivity contribution < 1.29 is 0 Å². The van der Waals surface area contributed by atoms with Gasteiger partial charge in [-0.15, -0.1) is 24.0 Å². The molecule has 1 aromatic carbocycles. The molecule has 0 spiro atoms. The third-order valence-corrected chi connectivity index (χ3v) is 5.63. The van der Waals surface area contributed by atoms with Crippen LogP contribution in [0.25, 0.3) is 5.82 Å². The number of aromatic nitrogens is 3. The summed E-state index contributed by atoms with van der Waals surface area (Å²) >= 11 is 0. The molecule has 0 amide bonds. The number of rotatable bonds is 7. The molecule has 2 aromatic heterocycles. The minimum Gasteiger partial charge on any atom is -0.357 e. The summed E-state index contributed by atoms with van der Waals surface area (Å²) in [7, 11) is 0. The lowest BCUT2D eigenvalue weighted by molar-refractivity contribution is 0.244. The molecule has 3 aromatic rings. The molecule has 4 rings (SSSR count). The molecule has 2 N–H and O–H groups in total. The summed E-state index contributed by atoms with van der Waals surface area (Å²) in [6.45, 7) is 4.42. The third-order valence-electron chi connectivity index (χ3n) is 5.63. The Balaban J connectivity index is 0.00000256. The van der Waals surface area contributed by atoms with E-state index in [4.69, 9.17) is 4.99 Å². The summed E-state index contributed by atoms with van der Waals surface area (Å²) in [6.07, 6.45) is 11.0. The van der Waals surface area contributed by atoms with E-state index in [0.717, 1.165) is 30.4 Å². The van der Waals surface area contributed by atoms with Crippen molar-refractivity contribution in [3.63, 3.8) is 0 Å². The smallest absolute Gasteiger partial charge is 0.191 e. The number of benzene rings is 1. The van der Waals surface area contributed by atoms with Crippen molar-refractivity contribution in [1.29, 1.82) is 0 Å². The van der Waals surface area contributed by atoms with Crippen LogP contribution >= 0.6 is 24.0 Å². The maximum Gasteiger partial charge on any atom is 0.191 e. The number of halogens is 1. The molecule has 0 saturated heterocycles. The van der Waals surface area contributed by atoms with Gasteiger partial charge in [0.2, 0.25) is 0 Å². The highest BCUT2D eigenvalue weighted by Gasteiger charge is 2.38. The topological polar surface area (TPSA) is 67.1 Å². The minimum absolute atomic E-state index is 0. The van der Waals surface area contributed by atoms with Gasteiger partial charge < -0.3 is 10.6 Å². The van der Waals surface area contributed by atoms with Gasteiger partial charge in [-0.25, -0.2) is 15.0 Å². The molecule has 0 aliphatic heterocycles. The second kappa shape index (κ2) is 10.6. The zero-order valence-corrected chi connectivity index (χ0v) is 19.6. The fourth-order valence-electron chi connectivity index (χ4n) is 3.79. The van der Waals surface area contributed by atoms with Gasteiger partial charge in [-0.2, -0.15) is 0 Å². The van der Waals surface area contributed by atoms with Crippen LogP contribution in [-0.2, 0) is 12.0 Å². The molecule has 30 heavy (non-hydrogen) atoms. The molecule has 1 aliphatic rings. The van der Waals surface area contributed by atoms with E-state index < -0.39 is 0 Å². The summed E-state index contributed by atoms with van der Waals surface area (Å²) in [5.74, 6) is 1.71. The minimum atomic E-state index is 0. The maximum atomic E-state index is 4.77. The highest BCUT2D eigenvalue weighted by atomic mass is 127. The van der Waals surface area contributed by atoms with Crippen LogP contribution in [-0.4, -0.2) is 33.6 Å². The van der Waals surface area contributed by atoms with E-state index in [9.17, 15) is 0 Å². The van der Waals surface area contributed by atoms with Crippen molar-refractivity contribution in [2.24, 2.45) is 4.99 Å². The van der Waals surface area contributed by atoms with Crippen LogP contribution < -0.4 is 10.6 Å². The first-order valence-electron chi connectivity index (χ1n) is 10.3. The first kappa shape index (κ1) is 22.3. The molecule has 0 radical (unpaired) electrons. The van der Waals surface area contributed by atoms with Crippen molar-refractivity contribution in [3.8, 4) is 5.82 Å². The third kappa shape index (κ3) is 5.19. The average Bonchev–Trinajstić information content (AvgIpc) is 3.27. The molecule has 0 atom stereocenters. The lowest BCUT2D eigenvalue weighted by Crippen LogP contribution is -2.48. The maximum absolute atomic E-state index is 4.77. The SMILES string of the molecule is CCNC(=NCc1ccc(-n2ccnc2)nc1)NCC1(c2ccccc2)CCC1.I. The van der Waals surface area contributed by atoms with Gasteiger partial charge in [-0.1, -0.05) is 42.8 Å². The number of hydrogen-bond acceptors (Lipinski definition) is 3. The Morgan fingerprint density at radius 2 is 1.97 bits per heavy atom. The first-order chi connectivity index (χ1) is 14.3. The highest BCUT2D eigenvalue weighted by Crippen LogP contribution is 2.43. The molecule has 158 valence electrons. The van der Waals surface area contributed by atoms with Crippen molar-refractivity contribution in [2.75, 3.05) is 13.1 Å². The number of nitrogens with zero attached hydrogens (tertiary/aromatic N) is 4. The van der Waals surface area contributed by atoms with Crippen LogP contribution in [0.15, 0.2) is 72.4 Å². The molecule has 1 aliphatic carbocycles. The van der Waals surface area contributed by atoms with Crippen LogP contribution in [0.2, 0.25) is 0 Å². The summed E-state index contributed by atoms with van der Waals surface area (Å²) < 4.78 is 1.89. The number of aliphatic imine (C=N–C) groups is 1. The Hall–Kier alpha value is -2.42. The number of pyridine rings is 1. The number of nitrogens with one attached hydrogen (secondary N) is 2. The van der Waals surface area contributed by atoms with Gasteiger partial charge in [0, 0.05) is 37.1 Å². The molecule has 0 bridgehead atoms. The molecular weight excluding hydrogens is 487 g/mol. The van der Waals surface area contributed by atoms with E-state index in [1.807, 2.05) is 23.0 Å². The lowest BCUT2D eigenvalue weighted by Gasteiger charge is -2.43. The van der Waals surface area contributed by atoms with Gasteiger partial charge in [-0.05, 0) is 37.0 Å². The predicted molar refractivity (Wildman–Crippen MR) is 132 cm³/mol. The number of hydrogen-bond donors (Lipinski definition) is 2. The standard InChI is InChI=1S/C23H28N6.HI/c1-2-25-22(28-17-23(11-6-12-23)20-7-4-3-5-8-20)27-16-19-9-10-21(26-15-19)29-14-13-24-18-29;/h3-5,7-10,13-15,18H,2,6,11-12,16-17H2,1H3,(H2,25,27,28);1H. The Bertz CT molecular complexity index is 918. The molecular formula is C23H29IN6. The Morgan fingerprint density at radius 1 is 1.13 bits per heavy atom. The average molecular weight is 516 g/mol. The molecule has 2 heterocycles. The van der Waals surface area contributed by atoms with E-state index in [2.05, 4.69) is 63.9 Å². The van der Waals surface area contributed by atoms with Gasteiger partial charge >= 0.3 is 0 Å². The fourth-order valence-corrected chi connectivity index (χ4v) is 3.79. The van der Waals surface area contributed by atoms with Crippen molar-refractivity contribution in [2.45, 2.75) is 38.1 Å². The van der Waals surface area contributed by atoms with Crippen molar-refractivity contribution in [3.05, 3.63) is 78.5 Å². The lowest BCUT2D eigenvalue weighted by atomic mass is 9.64. The molecule has 1 saturated carbocycles. The Morgan fingerprint density at radius 3 is 2.57 bits per heavy atom. The van der Waals surface area contributed by atoms with Gasteiger partial charge in [0.1, 0.15) is 12.1 Å². The normalized spacial score (nSPS) is 15.0. The summed E-state index contributed by atoms with van der Waals surface area (Å²) in [4.78, 5) is 13.3. The molecule has 7 heteroatoms.